The van der Waals surface area contributed by atoms with Gasteiger partial charge in [0.25, 0.3) is 0 Å². The van der Waals surface area contributed by atoms with E-state index < -0.39 is 6.03 Å². The van der Waals surface area contributed by atoms with Crippen LogP contribution in [0.4, 0.5) is 4.79 Å². The zero-order valence-corrected chi connectivity index (χ0v) is 7.29. The number of amides is 2. The second-order valence-electron chi connectivity index (χ2n) is 3.01. The van der Waals surface area contributed by atoms with E-state index in [2.05, 4.69) is 16.6 Å². The van der Waals surface area contributed by atoms with Gasteiger partial charge in [-0.3, -0.25) is 0 Å². The third-order valence-electron chi connectivity index (χ3n) is 2.04. The van der Waals surface area contributed by atoms with Crippen molar-refractivity contribution in [2.75, 3.05) is 0 Å². The number of rotatable bonds is 1. The maximum absolute atomic E-state index is 10.4. The Balaban J connectivity index is 2.59. The highest BCUT2D eigenvalue weighted by molar-refractivity contribution is 5.90. The fourth-order valence-corrected chi connectivity index (χ4v) is 1.40. The normalized spacial score (nSPS) is 25.2. The highest BCUT2D eigenvalue weighted by atomic mass is 16.2. The fourth-order valence-electron chi connectivity index (χ4n) is 1.40. The molecular weight excluding hydrogens is 168 g/mol. The number of nitrogens with two attached hydrogens (primary N) is 1. The van der Waals surface area contributed by atoms with Crippen LogP contribution in [0.15, 0.2) is 5.10 Å². The van der Waals surface area contributed by atoms with E-state index >= 15 is 0 Å². The maximum Gasteiger partial charge on any atom is 0.332 e. The summed E-state index contributed by atoms with van der Waals surface area (Å²) in [5.74, 6) is -0.152. The van der Waals surface area contributed by atoms with Crippen LogP contribution in [0.5, 0.6) is 0 Å². The Morgan fingerprint density at radius 2 is 2.46 bits per heavy atom. The number of carbonyl (C=O) groups is 1. The molecule has 0 radical (unpaired) electrons. The minimum atomic E-state index is -0.685. The Bertz CT molecular complexity index is 266. The molecule has 0 spiro atoms. The molecule has 0 heterocycles. The minimum absolute atomic E-state index is 0.152. The van der Waals surface area contributed by atoms with E-state index in [1.54, 1.807) is 0 Å². The lowest BCUT2D eigenvalue weighted by Crippen LogP contribution is -2.28. The van der Waals surface area contributed by atoms with Crippen molar-refractivity contribution in [3.05, 3.63) is 0 Å². The Morgan fingerprint density at radius 1 is 1.69 bits per heavy atom. The van der Waals surface area contributed by atoms with Gasteiger partial charge in [0.15, 0.2) is 0 Å². The predicted molar refractivity (Wildman–Crippen MR) is 47.7 cm³/mol. The van der Waals surface area contributed by atoms with E-state index in [1.165, 1.54) is 0 Å². The molecule has 0 aromatic rings. The first-order chi connectivity index (χ1) is 6.24. The van der Waals surface area contributed by atoms with Crippen molar-refractivity contribution < 1.29 is 4.79 Å². The van der Waals surface area contributed by atoms with Gasteiger partial charge in [-0.15, -0.1) is 0 Å². The van der Waals surface area contributed by atoms with Gasteiger partial charge in [-0.2, -0.15) is 10.4 Å². The Hall–Kier alpha value is -1.57. The smallest absolute Gasteiger partial charge is 0.332 e. The standard InChI is InChI=1S/C8H12N4O/c9-5-6-3-1-2-4-7(6)11-12-8(10)13/h6H,1-4H2,(H3,10,12,13)/b11-7+/t6-/m0/s1. The molecule has 2 amide bonds. The summed E-state index contributed by atoms with van der Waals surface area (Å²) in [7, 11) is 0. The molecule has 1 aliphatic carbocycles. The second kappa shape index (κ2) is 4.45. The van der Waals surface area contributed by atoms with Crippen LogP contribution in [0.3, 0.4) is 0 Å². The third kappa shape index (κ3) is 2.75. The lowest BCUT2D eigenvalue weighted by Gasteiger charge is -2.17. The van der Waals surface area contributed by atoms with Crippen molar-refractivity contribution in [3.63, 3.8) is 0 Å². The van der Waals surface area contributed by atoms with Gasteiger partial charge >= 0.3 is 6.03 Å². The average molecular weight is 180 g/mol. The zero-order valence-electron chi connectivity index (χ0n) is 7.29. The van der Waals surface area contributed by atoms with Gasteiger partial charge in [-0.05, 0) is 19.3 Å². The van der Waals surface area contributed by atoms with Crippen LogP contribution >= 0.6 is 0 Å². The van der Waals surface area contributed by atoms with Gasteiger partial charge in [0, 0.05) is 0 Å². The van der Waals surface area contributed by atoms with E-state index in [-0.39, 0.29) is 5.92 Å². The molecule has 5 nitrogen and oxygen atoms in total. The van der Waals surface area contributed by atoms with Crippen molar-refractivity contribution in [1.29, 1.82) is 5.26 Å². The van der Waals surface area contributed by atoms with E-state index in [0.29, 0.717) is 0 Å². The topological polar surface area (TPSA) is 91.3 Å². The summed E-state index contributed by atoms with van der Waals surface area (Å²) in [6.07, 6.45) is 3.68. The predicted octanol–water partition coefficient (Wildman–Crippen LogP) is 0.724. The van der Waals surface area contributed by atoms with Crippen molar-refractivity contribution in [2.24, 2.45) is 16.8 Å². The number of urea groups is 1. The lowest BCUT2D eigenvalue weighted by molar-refractivity contribution is 0.249. The summed E-state index contributed by atoms with van der Waals surface area (Å²) in [5, 5.41) is 12.6. The van der Waals surface area contributed by atoms with E-state index in [1.807, 2.05) is 0 Å². The molecule has 0 bridgehead atoms. The number of nitrogens with zero attached hydrogens (tertiary/aromatic N) is 2. The fraction of sp³-hybridized carbons (Fsp3) is 0.625. The molecule has 3 N–H and O–H groups in total. The number of hydrazone groups is 1. The zero-order chi connectivity index (χ0) is 9.68. The number of nitrogens with one attached hydrogen (secondary N) is 1. The molecule has 1 fully saturated rings. The third-order valence-corrected chi connectivity index (χ3v) is 2.04. The molecular formula is C8H12N4O. The Kier molecular flexibility index (Phi) is 3.26. The van der Waals surface area contributed by atoms with Crippen LogP contribution in [-0.4, -0.2) is 11.7 Å². The number of hydrogen-bond acceptors (Lipinski definition) is 3. The van der Waals surface area contributed by atoms with Crippen LogP contribution in [0, 0.1) is 17.2 Å². The minimum Gasteiger partial charge on any atom is -0.350 e. The van der Waals surface area contributed by atoms with Crippen LogP contribution in [0.2, 0.25) is 0 Å². The summed E-state index contributed by atoms with van der Waals surface area (Å²) in [6, 6.07) is 1.47. The van der Waals surface area contributed by atoms with Crippen LogP contribution in [-0.2, 0) is 0 Å². The van der Waals surface area contributed by atoms with Crippen molar-refractivity contribution in [1.82, 2.24) is 5.43 Å². The first-order valence-corrected chi connectivity index (χ1v) is 4.25. The Labute approximate surface area is 76.6 Å². The maximum atomic E-state index is 10.4. The van der Waals surface area contributed by atoms with Crippen LogP contribution in [0.25, 0.3) is 0 Å². The van der Waals surface area contributed by atoms with Gasteiger partial charge in [0.2, 0.25) is 0 Å². The average Bonchev–Trinajstić information content (AvgIpc) is 2.15. The molecule has 13 heavy (non-hydrogen) atoms. The van der Waals surface area contributed by atoms with E-state index in [0.717, 1.165) is 31.4 Å². The number of nitriles is 1. The molecule has 1 aliphatic rings. The molecule has 1 rings (SSSR count). The molecule has 5 heteroatoms. The number of carbonyl (C=O) groups excluding carboxylic acids is 1. The highest BCUT2D eigenvalue weighted by Crippen LogP contribution is 2.20. The molecule has 0 unspecified atom stereocenters. The van der Waals surface area contributed by atoms with Gasteiger partial charge in [-0.1, -0.05) is 6.42 Å². The van der Waals surface area contributed by atoms with Crippen LogP contribution in [0.1, 0.15) is 25.7 Å². The van der Waals surface area contributed by atoms with Gasteiger partial charge in [0.05, 0.1) is 17.7 Å². The van der Waals surface area contributed by atoms with Gasteiger partial charge in [-0.25, -0.2) is 10.2 Å². The lowest BCUT2D eigenvalue weighted by atomic mass is 9.88. The monoisotopic (exact) mass is 180 g/mol. The van der Waals surface area contributed by atoms with Gasteiger partial charge < -0.3 is 5.73 Å². The van der Waals surface area contributed by atoms with E-state index in [9.17, 15) is 4.79 Å². The summed E-state index contributed by atoms with van der Waals surface area (Å²) in [6.45, 7) is 0. The molecule has 0 aromatic heterocycles. The van der Waals surface area contributed by atoms with Crippen molar-refractivity contribution in [3.8, 4) is 6.07 Å². The SMILES string of the molecule is N#C[C@@H]1CCCC/C1=N\NC(N)=O. The summed E-state index contributed by atoms with van der Waals surface area (Å²) in [4.78, 5) is 10.4. The number of hydrogen-bond donors (Lipinski definition) is 2. The van der Waals surface area contributed by atoms with E-state index in [4.69, 9.17) is 11.0 Å². The molecule has 0 aliphatic heterocycles. The summed E-state index contributed by atoms with van der Waals surface area (Å²) in [5.41, 5.74) is 7.75. The van der Waals surface area contributed by atoms with Crippen molar-refractivity contribution >= 4 is 11.7 Å². The molecule has 0 aromatic carbocycles. The molecule has 70 valence electrons. The molecule has 1 saturated carbocycles. The molecule has 1 atom stereocenters. The first-order valence-electron chi connectivity index (χ1n) is 4.25. The van der Waals surface area contributed by atoms with Gasteiger partial charge in [0.1, 0.15) is 0 Å². The Morgan fingerprint density at radius 3 is 3.08 bits per heavy atom. The van der Waals surface area contributed by atoms with Crippen molar-refractivity contribution in [2.45, 2.75) is 25.7 Å². The number of primary amides is 1. The second-order valence-corrected chi connectivity index (χ2v) is 3.01. The largest absolute Gasteiger partial charge is 0.350 e. The summed E-state index contributed by atoms with van der Waals surface area (Å²) >= 11 is 0. The highest BCUT2D eigenvalue weighted by Gasteiger charge is 2.19. The quantitative estimate of drug-likeness (QED) is 0.582. The first kappa shape index (κ1) is 9.52. The molecule has 0 saturated heterocycles. The summed E-state index contributed by atoms with van der Waals surface area (Å²) < 4.78 is 0. The van der Waals surface area contributed by atoms with Crippen LogP contribution < -0.4 is 11.2 Å².